The first-order valence-electron chi connectivity index (χ1n) is 6.43. The van der Waals surface area contributed by atoms with Crippen LogP contribution in [-0.2, 0) is 10.9 Å². The van der Waals surface area contributed by atoms with Gasteiger partial charge in [0.15, 0.2) is 0 Å². The van der Waals surface area contributed by atoms with Crippen LogP contribution in [0.3, 0.4) is 0 Å². The quantitative estimate of drug-likeness (QED) is 0.668. The Kier molecular flexibility index (Phi) is 5.09. The van der Waals surface area contributed by atoms with Crippen molar-refractivity contribution in [2.75, 3.05) is 24.2 Å². The maximum atomic E-state index is 12.7. The fourth-order valence-corrected chi connectivity index (χ4v) is 2.82. The van der Waals surface area contributed by atoms with E-state index < -0.39 is 12.0 Å². The zero-order valence-electron chi connectivity index (χ0n) is 11.0. The van der Waals surface area contributed by atoms with E-state index in [1.54, 1.807) is 13.0 Å². The fourth-order valence-electron chi connectivity index (χ4n) is 1.85. The van der Waals surface area contributed by atoms with Gasteiger partial charge in [-0.1, -0.05) is 0 Å². The van der Waals surface area contributed by atoms with E-state index in [4.69, 9.17) is 4.74 Å². The Balaban J connectivity index is 2.11. The Morgan fingerprint density at radius 2 is 2.25 bits per heavy atom. The summed E-state index contributed by atoms with van der Waals surface area (Å²) >= 11 is 1.27. The van der Waals surface area contributed by atoms with E-state index in [-0.39, 0.29) is 11.9 Å². The summed E-state index contributed by atoms with van der Waals surface area (Å²) in [5, 5.41) is 3.11. The predicted octanol–water partition coefficient (Wildman–Crippen LogP) is 3.20. The first-order valence-corrected chi connectivity index (χ1v) is 7.42. The van der Waals surface area contributed by atoms with Crippen LogP contribution < -0.4 is 5.32 Å². The highest BCUT2D eigenvalue weighted by Crippen LogP contribution is 2.30. The number of alkyl halides is 3. The number of hydrogen-bond donors (Lipinski definition) is 1. The third kappa shape index (κ3) is 4.24. The molecule has 20 heavy (non-hydrogen) atoms. The Labute approximate surface area is 119 Å². The Morgan fingerprint density at radius 3 is 2.85 bits per heavy atom. The molecule has 0 saturated carbocycles. The summed E-state index contributed by atoms with van der Waals surface area (Å²) in [4.78, 5) is 7.06. The lowest BCUT2D eigenvalue weighted by atomic mass is 10.3. The Bertz CT molecular complexity index is 450. The predicted molar refractivity (Wildman–Crippen MR) is 70.9 cm³/mol. The number of aromatic nitrogens is 2. The van der Waals surface area contributed by atoms with Gasteiger partial charge in [-0.15, -0.1) is 11.8 Å². The largest absolute Gasteiger partial charge is 0.451 e. The minimum absolute atomic E-state index is 0.104. The van der Waals surface area contributed by atoms with Gasteiger partial charge < -0.3 is 10.1 Å². The van der Waals surface area contributed by atoms with Crippen molar-refractivity contribution in [2.45, 2.75) is 37.1 Å². The minimum atomic E-state index is -4.54. The number of ether oxygens (including phenoxy) is 1. The molecule has 1 N–H and O–H groups in total. The molecule has 1 aliphatic rings. The number of thioether (sulfide) groups is 1. The van der Waals surface area contributed by atoms with Gasteiger partial charge in [-0.3, -0.25) is 0 Å². The summed E-state index contributed by atoms with van der Waals surface area (Å²) in [5.41, 5.74) is 0. The molecular formula is C12H16F3N3OS. The van der Waals surface area contributed by atoms with E-state index >= 15 is 0 Å². The topological polar surface area (TPSA) is 47.0 Å². The third-order valence-electron chi connectivity index (χ3n) is 2.76. The van der Waals surface area contributed by atoms with Gasteiger partial charge in [0.2, 0.25) is 5.82 Å². The van der Waals surface area contributed by atoms with E-state index in [1.165, 1.54) is 11.8 Å². The van der Waals surface area contributed by atoms with E-state index in [0.29, 0.717) is 17.3 Å². The number of nitrogens with zero attached hydrogens (tertiary/aromatic N) is 2. The molecular weight excluding hydrogens is 291 g/mol. The van der Waals surface area contributed by atoms with Crippen molar-refractivity contribution in [3.8, 4) is 0 Å². The Hall–Kier alpha value is -1.02. The third-order valence-corrected chi connectivity index (χ3v) is 3.80. The molecule has 2 rings (SSSR count). The van der Waals surface area contributed by atoms with Crippen molar-refractivity contribution in [2.24, 2.45) is 0 Å². The zero-order chi connectivity index (χ0) is 14.6. The first kappa shape index (κ1) is 15.4. The van der Waals surface area contributed by atoms with Crippen molar-refractivity contribution in [1.82, 2.24) is 9.97 Å². The molecule has 112 valence electrons. The van der Waals surface area contributed by atoms with E-state index in [9.17, 15) is 13.2 Å². The second-order valence-electron chi connectivity index (χ2n) is 4.39. The summed E-state index contributed by atoms with van der Waals surface area (Å²) in [5.74, 6) is -0.296. The van der Waals surface area contributed by atoms with Crippen LogP contribution in [0.2, 0.25) is 0 Å². The molecule has 0 radical (unpaired) electrons. The van der Waals surface area contributed by atoms with Gasteiger partial charge in [-0.2, -0.15) is 13.2 Å². The molecule has 8 heteroatoms. The minimum Gasteiger partial charge on any atom is -0.377 e. The van der Waals surface area contributed by atoms with Crippen LogP contribution in [-0.4, -0.2) is 35.0 Å². The lowest BCUT2D eigenvalue weighted by Gasteiger charge is -2.12. The summed E-state index contributed by atoms with van der Waals surface area (Å²) in [7, 11) is 0. The normalized spacial score (nSPS) is 19.3. The van der Waals surface area contributed by atoms with Crippen molar-refractivity contribution in [1.29, 1.82) is 0 Å². The lowest BCUT2D eigenvalue weighted by molar-refractivity contribution is -0.145. The number of halogens is 3. The van der Waals surface area contributed by atoms with Gasteiger partial charge in [0.1, 0.15) is 10.8 Å². The molecule has 0 aromatic carbocycles. The smallest absolute Gasteiger partial charge is 0.377 e. The first-order chi connectivity index (χ1) is 9.49. The second kappa shape index (κ2) is 6.62. The maximum Gasteiger partial charge on any atom is 0.451 e. The van der Waals surface area contributed by atoms with Crippen LogP contribution in [0, 0.1) is 0 Å². The van der Waals surface area contributed by atoms with Gasteiger partial charge >= 0.3 is 6.18 Å². The highest BCUT2D eigenvalue weighted by Gasteiger charge is 2.35. The molecule has 1 saturated heterocycles. The molecule has 1 atom stereocenters. The highest BCUT2D eigenvalue weighted by molar-refractivity contribution is 7.99. The number of nitrogens with one attached hydrogen (secondary N) is 1. The molecule has 0 spiro atoms. The number of anilines is 1. The summed E-state index contributed by atoms with van der Waals surface area (Å²) < 4.78 is 43.7. The second-order valence-corrected chi connectivity index (χ2v) is 5.43. The van der Waals surface area contributed by atoms with Gasteiger partial charge in [0.25, 0.3) is 0 Å². The monoisotopic (exact) mass is 307 g/mol. The average molecular weight is 307 g/mol. The molecule has 0 bridgehead atoms. The molecule has 1 fully saturated rings. The summed E-state index contributed by atoms with van der Waals surface area (Å²) in [6.45, 7) is 3.03. The maximum absolute atomic E-state index is 12.7. The van der Waals surface area contributed by atoms with Crippen molar-refractivity contribution in [3.63, 3.8) is 0 Å². The molecule has 1 unspecified atom stereocenters. The van der Waals surface area contributed by atoms with Crippen LogP contribution in [0.1, 0.15) is 25.6 Å². The van der Waals surface area contributed by atoms with E-state index in [1.807, 2.05) is 0 Å². The van der Waals surface area contributed by atoms with Gasteiger partial charge in [-0.05, 0) is 19.8 Å². The van der Waals surface area contributed by atoms with Crippen LogP contribution in [0.25, 0.3) is 0 Å². The Morgan fingerprint density at radius 1 is 1.45 bits per heavy atom. The zero-order valence-corrected chi connectivity index (χ0v) is 11.9. The average Bonchev–Trinajstić information content (AvgIpc) is 2.88. The van der Waals surface area contributed by atoms with Crippen LogP contribution in [0.4, 0.5) is 19.0 Å². The highest BCUT2D eigenvalue weighted by atomic mass is 32.2. The molecule has 4 nitrogen and oxygen atoms in total. The molecule has 0 amide bonds. The van der Waals surface area contributed by atoms with Gasteiger partial charge in [-0.25, -0.2) is 9.97 Å². The summed E-state index contributed by atoms with van der Waals surface area (Å²) in [6, 6.07) is 1.54. The van der Waals surface area contributed by atoms with Gasteiger partial charge in [0.05, 0.1) is 6.10 Å². The van der Waals surface area contributed by atoms with Crippen LogP contribution in [0.15, 0.2) is 11.1 Å². The molecule has 0 aliphatic carbocycles. The van der Waals surface area contributed by atoms with Crippen molar-refractivity contribution < 1.29 is 17.9 Å². The van der Waals surface area contributed by atoms with Crippen LogP contribution in [0.5, 0.6) is 0 Å². The summed E-state index contributed by atoms with van der Waals surface area (Å²) in [6.07, 6.45) is -2.48. The molecule has 1 aliphatic heterocycles. The number of hydrogen-bond acceptors (Lipinski definition) is 5. The standard InChI is InChI=1S/C12H16F3N3OS/c1-2-16-9-6-10(18-11(17-9)12(13,14)15)20-7-8-4-3-5-19-8/h6,8H,2-5,7H2,1H3,(H,16,17,18). The lowest BCUT2D eigenvalue weighted by Crippen LogP contribution is -2.14. The van der Waals surface area contributed by atoms with Crippen molar-refractivity contribution >= 4 is 17.6 Å². The van der Waals surface area contributed by atoms with Crippen LogP contribution >= 0.6 is 11.8 Å². The molecule has 1 aromatic rings. The van der Waals surface area contributed by atoms with E-state index in [2.05, 4.69) is 15.3 Å². The molecule has 2 heterocycles. The number of rotatable bonds is 5. The van der Waals surface area contributed by atoms with Crippen molar-refractivity contribution in [3.05, 3.63) is 11.9 Å². The molecule has 1 aromatic heterocycles. The van der Waals surface area contributed by atoms with E-state index in [0.717, 1.165) is 19.4 Å². The van der Waals surface area contributed by atoms with Gasteiger partial charge in [0, 0.05) is 25.0 Å². The fraction of sp³-hybridized carbons (Fsp3) is 0.667. The SMILES string of the molecule is CCNc1cc(SCC2CCCO2)nc(C(F)(F)F)n1.